The number of rotatable bonds is 6. The van der Waals surface area contributed by atoms with E-state index in [0.29, 0.717) is 19.2 Å². The van der Waals surface area contributed by atoms with Gasteiger partial charge in [-0.05, 0) is 47.5 Å². The minimum absolute atomic E-state index is 0.0166. The molecule has 4 nitrogen and oxygen atoms in total. The predicted octanol–water partition coefficient (Wildman–Crippen LogP) is 2.22. The lowest BCUT2D eigenvalue weighted by molar-refractivity contribution is -0.145. The molecule has 0 saturated carbocycles. The number of nitrogens with zero attached hydrogens (tertiary/aromatic N) is 1. The zero-order chi connectivity index (χ0) is 13.8. The number of carbonyl (C=O) groups is 1. The van der Waals surface area contributed by atoms with E-state index in [1.165, 1.54) is 0 Å². The SMILES string of the molecule is CCOC(=O)CN(CC1CCC(C)(C)O1)C(C)C. The fourth-order valence-electron chi connectivity index (χ4n) is 2.30. The van der Waals surface area contributed by atoms with E-state index in [1.54, 1.807) is 0 Å². The van der Waals surface area contributed by atoms with Crippen molar-refractivity contribution in [2.45, 2.75) is 65.2 Å². The average molecular weight is 257 g/mol. The Morgan fingerprint density at radius 1 is 1.50 bits per heavy atom. The second-order valence-corrected chi connectivity index (χ2v) is 5.87. The van der Waals surface area contributed by atoms with Gasteiger partial charge >= 0.3 is 5.97 Å². The van der Waals surface area contributed by atoms with Crippen LogP contribution in [-0.4, -0.2) is 48.3 Å². The van der Waals surface area contributed by atoms with E-state index >= 15 is 0 Å². The van der Waals surface area contributed by atoms with Crippen molar-refractivity contribution in [1.82, 2.24) is 4.90 Å². The van der Waals surface area contributed by atoms with Crippen molar-refractivity contribution in [2.75, 3.05) is 19.7 Å². The Morgan fingerprint density at radius 2 is 2.17 bits per heavy atom. The summed E-state index contributed by atoms with van der Waals surface area (Å²) in [4.78, 5) is 13.7. The highest BCUT2D eigenvalue weighted by Gasteiger charge is 2.33. The first-order chi connectivity index (χ1) is 8.34. The molecule has 1 saturated heterocycles. The molecule has 106 valence electrons. The largest absolute Gasteiger partial charge is 0.465 e. The summed E-state index contributed by atoms with van der Waals surface area (Å²) in [6.07, 6.45) is 2.39. The molecule has 0 aromatic carbocycles. The van der Waals surface area contributed by atoms with Crippen LogP contribution in [-0.2, 0) is 14.3 Å². The van der Waals surface area contributed by atoms with Crippen molar-refractivity contribution in [2.24, 2.45) is 0 Å². The topological polar surface area (TPSA) is 38.8 Å². The zero-order valence-electron chi connectivity index (χ0n) is 12.4. The highest BCUT2D eigenvalue weighted by atomic mass is 16.5. The van der Waals surface area contributed by atoms with Crippen LogP contribution in [0.5, 0.6) is 0 Å². The molecule has 0 N–H and O–H groups in total. The summed E-state index contributed by atoms with van der Waals surface area (Å²) >= 11 is 0. The van der Waals surface area contributed by atoms with Crippen LogP contribution < -0.4 is 0 Å². The first kappa shape index (κ1) is 15.4. The Bertz CT molecular complexity index is 276. The van der Waals surface area contributed by atoms with Crippen LogP contribution in [0, 0.1) is 0 Å². The Balaban J connectivity index is 2.46. The molecule has 1 aliphatic rings. The summed E-state index contributed by atoms with van der Waals surface area (Å²) in [6, 6.07) is 0.321. The van der Waals surface area contributed by atoms with Crippen molar-refractivity contribution >= 4 is 5.97 Å². The van der Waals surface area contributed by atoms with Gasteiger partial charge in [-0.2, -0.15) is 0 Å². The van der Waals surface area contributed by atoms with Gasteiger partial charge in [-0.15, -0.1) is 0 Å². The minimum Gasteiger partial charge on any atom is -0.465 e. The molecular formula is C14H27NO3. The molecule has 0 radical (unpaired) electrons. The van der Waals surface area contributed by atoms with Crippen molar-refractivity contribution < 1.29 is 14.3 Å². The molecule has 0 spiro atoms. The van der Waals surface area contributed by atoms with Gasteiger partial charge in [0, 0.05) is 12.6 Å². The third-order valence-corrected chi connectivity index (χ3v) is 3.36. The van der Waals surface area contributed by atoms with Crippen molar-refractivity contribution in [3.63, 3.8) is 0 Å². The van der Waals surface area contributed by atoms with Gasteiger partial charge in [0.1, 0.15) is 0 Å². The highest BCUT2D eigenvalue weighted by Crippen LogP contribution is 2.29. The second-order valence-electron chi connectivity index (χ2n) is 5.87. The number of hydrogen-bond donors (Lipinski definition) is 0. The maximum atomic E-state index is 11.6. The standard InChI is InChI=1S/C14H27NO3/c1-6-17-13(16)10-15(11(2)3)9-12-7-8-14(4,5)18-12/h11-12H,6-10H2,1-5H3. The molecule has 1 unspecified atom stereocenters. The summed E-state index contributed by atoms with van der Waals surface area (Å²) in [5.41, 5.74) is -0.0166. The summed E-state index contributed by atoms with van der Waals surface area (Å²) in [6.45, 7) is 11.9. The third-order valence-electron chi connectivity index (χ3n) is 3.36. The van der Waals surface area contributed by atoms with Crippen molar-refractivity contribution in [3.05, 3.63) is 0 Å². The quantitative estimate of drug-likeness (QED) is 0.684. The molecule has 0 bridgehead atoms. The number of esters is 1. The van der Waals surface area contributed by atoms with Gasteiger partial charge in [-0.25, -0.2) is 0 Å². The van der Waals surface area contributed by atoms with Crippen LogP contribution in [0.3, 0.4) is 0 Å². The Morgan fingerprint density at radius 3 is 2.61 bits per heavy atom. The summed E-state index contributed by atoms with van der Waals surface area (Å²) < 4.78 is 11.0. The molecule has 4 heteroatoms. The Hall–Kier alpha value is -0.610. The van der Waals surface area contributed by atoms with Gasteiger partial charge in [0.05, 0.1) is 24.9 Å². The van der Waals surface area contributed by atoms with Gasteiger partial charge < -0.3 is 9.47 Å². The minimum atomic E-state index is -0.150. The number of hydrogen-bond acceptors (Lipinski definition) is 4. The molecule has 18 heavy (non-hydrogen) atoms. The van der Waals surface area contributed by atoms with Gasteiger partial charge in [0.2, 0.25) is 0 Å². The monoisotopic (exact) mass is 257 g/mol. The molecule has 1 heterocycles. The molecule has 1 aliphatic heterocycles. The van der Waals surface area contributed by atoms with Gasteiger partial charge in [-0.3, -0.25) is 9.69 Å². The molecule has 0 aliphatic carbocycles. The summed E-state index contributed by atoms with van der Waals surface area (Å²) in [5.74, 6) is -0.150. The van der Waals surface area contributed by atoms with E-state index in [9.17, 15) is 4.79 Å². The third kappa shape index (κ3) is 4.94. The molecular weight excluding hydrogens is 230 g/mol. The molecule has 1 atom stereocenters. The van der Waals surface area contributed by atoms with Gasteiger partial charge in [0.25, 0.3) is 0 Å². The maximum absolute atomic E-state index is 11.6. The van der Waals surface area contributed by atoms with E-state index in [2.05, 4.69) is 32.6 Å². The van der Waals surface area contributed by atoms with Crippen LogP contribution in [0.1, 0.15) is 47.5 Å². The Labute approximate surface area is 111 Å². The number of ether oxygens (including phenoxy) is 2. The molecule has 0 amide bonds. The molecule has 1 rings (SSSR count). The van der Waals surface area contributed by atoms with Crippen LogP contribution in [0.4, 0.5) is 0 Å². The first-order valence-electron chi connectivity index (χ1n) is 6.91. The van der Waals surface area contributed by atoms with Gasteiger partial charge in [-0.1, -0.05) is 0 Å². The van der Waals surface area contributed by atoms with E-state index in [-0.39, 0.29) is 17.7 Å². The average Bonchev–Trinajstić information content (AvgIpc) is 2.57. The van der Waals surface area contributed by atoms with E-state index in [4.69, 9.17) is 9.47 Å². The fourth-order valence-corrected chi connectivity index (χ4v) is 2.30. The molecule has 1 fully saturated rings. The molecule has 0 aromatic rings. The predicted molar refractivity (Wildman–Crippen MR) is 71.5 cm³/mol. The normalized spacial score (nSPS) is 22.7. The van der Waals surface area contributed by atoms with E-state index in [0.717, 1.165) is 19.4 Å². The maximum Gasteiger partial charge on any atom is 0.320 e. The van der Waals surface area contributed by atoms with Crippen LogP contribution in [0.2, 0.25) is 0 Å². The summed E-state index contributed by atoms with van der Waals surface area (Å²) in [5, 5.41) is 0. The fraction of sp³-hybridized carbons (Fsp3) is 0.929. The van der Waals surface area contributed by atoms with E-state index in [1.807, 2.05) is 6.92 Å². The smallest absolute Gasteiger partial charge is 0.320 e. The zero-order valence-corrected chi connectivity index (χ0v) is 12.4. The highest BCUT2D eigenvalue weighted by molar-refractivity contribution is 5.71. The second kappa shape index (κ2) is 6.53. The van der Waals surface area contributed by atoms with Crippen LogP contribution in [0.25, 0.3) is 0 Å². The van der Waals surface area contributed by atoms with Gasteiger partial charge in [0.15, 0.2) is 0 Å². The first-order valence-corrected chi connectivity index (χ1v) is 6.91. The lowest BCUT2D eigenvalue weighted by Crippen LogP contribution is -2.41. The van der Waals surface area contributed by atoms with Crippen molar-refractivity contribution in [1.29, 1.82) is 0 Å². The molecule has 0 aromatic heterocycles. The summed E-state index contributed by atoms with van der Waals surface area (Å²) in [7, 11) is 0. The van der Waals surface area contributed by atoms with E-state index < -0.39 is 0 Å². The number of carbonyl (C=O) groups excluding carboxylic acids is 1. The lowest BCUT2D eigenvalue weighted by Gasteiger charge is -2.29. The lowest BCUT2D eigenvalue weighted by atomic mass is 10.1. The van der Waals surface area contributed by atoms with Crippen LogP contribution >= 0.6 is 0 Å². The Kier molecular flexibility index (Phi) is 5.60. The van der Waals surface area contributed by atoms with Crippen LogP contribution in [0.15, 0.2) is 0 Å². The van der Waals surface area contributed by atoms with Crippen molar-refractivity contribution in [3.8, 4) is 0 Å².